The molecule has 5 N–H and O–H groups in total. The summed E-state index contributed by atoms with van der Waals surface area (Å²) in [5, 5.41) is 9.74. The third kappa shape index (κ3) is 3.13. The number of aromatic nitrogens is 1. The Kier molecular flexibility index (Phi) is 4.54. The predicted molar refractivity (Wildman–Crippen MR) is 94.2 cm³/mol. The van der Waals surface area contributed by atoms with Crippen LogP contribution in [0.5, 0.6) is 0 Å². The van der Waals surface area contributed by atoms with E-state index in [2.05, 4.69) is 4.98 Å². The lowest BCUT2D eigenvalue weighted by atomic mass is 10.0. The number of anilines is 2. The highest BCUT2D eigenvalue weighted by Gasteiger charge is 2.35. The molecule has 0 saturated carbocycles. The molecule has 2 aromatic heterocycles. The number of hydrogen-bond acceptors (Lipinski definition) is 6. The second-order valence-electron chi connectivity index (χ2n) is 6.19. The molecule has 0 radical (unpaired) electrons. The average molecular weight is 370 g/mol. The Morgan fingerprint density at radius 1 is 1.48 bits per heavy atom. The summed E-state index contributed by atoms with van der Waals surface area (Å²) < 4.78 is 29.1. The highest BCUT2D eigenvalue weighted by atomic mass is 32.1. The van der Waals surface area contributed by atoms with Crippen molar-refractivity contribution in [1.29, 1.82) is 0 Å². The highest BCUT2D eigenvalue weighted by Crippen LogP contribution is 2.44. The minimum absolute atomic E-state index is 0.0382. The normalized spacial score (nSPS) is 16.6. The van der Waals surface area contributed by atoms with Gasteiger partial charge in [0.2, 0.25) is 0 Å². The van der Waals surface area contributed by atoms with Crippen molar-refractivity contribution in [3.05, 3.63) is 16.5 Å². The number of alkyl halides is 2. The quantitative estimate of drug-likeness (QED) is 0.767. The Morgan fingerprint density at radius 2 is 2.12 bits per heavy atom. The zero-order chi connectivity index (χ0) is 18.4. The van der Waals surface area contributed by atoms with Crippen molar-refractivity contribution in [2.24, 2.45) is 5.73 Å². The van der Waals surface area contributed by atoms with Gasteiger partial charge in [0.1, 0.15) is 15.5 Å². The number of fused-ring (bicyclic) bond motifs is 1. The molecule has 0 spiro atoms. The van der Waals surface area contributed by atoms with Crippen LogP contribution in [0.1, 0.15) is 41.4 Å². The van der Waals surface area contributed by atoms with Gasteiger partial charge in [0.15, 0.2) is 0 Å². The molecule has 0 unspecified atom stereocenters. The average Bonchev–Trinajstić information content (AvgIpc) is 2.92. The third-order valence-electron chi connectivity index (χ3n) is 4.54. The summed E-state index contributed by atoms with van der Waals surface area (Å²) in [7, 11) is 0. The van der Waals surface area contributed by atoms with Crippen LogP contribution in [-0.4, -0.2) is 35.2 Å². The first-order valence-electron chi connectivity index (χ1n) is 8.08. The highest BCUT2D eigenvalue weighted by molar-refractivity contribution is 7.21. The smallest absolute Gasteiger partial charge is 0.273 e. The number of carbonyl (C=O) groups excluding carboxylic acids is 1. The Labute approximate surface area is 147 Å². The molecular formula is C16H20F2N4O2S. The lowest BCUT2D eigenvalue weighted by molar-refractivity contribution is -0.00672. The number of nitrogen functional groups attached to an aromatic ring is 1. The number of hydrogen-bond donors (Lipinski definition) is 3. The van der Waals surface area contributed by atoms with Gasteiger partial charge in [-0.05, 0) is 18.9 Å². The molecule has 2 aromatic rings. The van der Waals surface area contributed by atoms with Gasteiger partial charge in [0.25, 0.3) is 11.8 Å². The van der Waals surface area contributed by atoms with E-state index in [0.29, 0.717) is 31.7 Å². The molecule has 136 valence electrons. The number of rotatable bonds is 4. The first kappa shape index (κ1) is 17.8. The van der Waals surface area contributed by atoms with Crippen LogP contribution in [0.2, 0.25) is 0 Å². The molecule has 1 aliphatic rings. The number of pyridine rings is 1. The number of aliphatic hydroxyl groups excluding tert-OH is 1. The maximum Gasteiger partial charge on any atom is 0.273 e. The number of halogens is 2. The summed E-state index contributed by atoms with van der Waals surface area (Å²) >= 11 is 0.931. The Bertz CT molecular complexity index is 816. The fourth-order valence-corrected chi connectivity index (χ4v) is 3.99. The van der Waals surface area contributed by atoms with Gasteiger partial charge in [-0.2, -0.15) is 0 Å². The van der Waals surface area contributed by atoms with Crippen LogP contribution in [0.15, 0.2) is 6.07 Å². The molecular weight excluding hydrogens is 350 g/mol. The molecule has 0 bridgehead atoms. The van der Waals surface area contributed by atoms with Crippen molar-refractivity contribution in [1.82, 2.24) is 4.98 Å². The van der Waals surface area contributed by atoms with E-state index in [0.717, 1.165) is 11.3 Å². The Hall–Kier alpha value is -2.00. The standard InChI is InChI=1S/C16H20F2N4O2S/c1-2-16(17,18)9-7-10(22-5-3-8(23)4-6-22)21-15-11(9)12(19)13(25-15)14(20)24/h7-8,23H,2-6,19H2,1H3,(H2,20,24). The molecule has 3 heterocycles. The topological polar surface area (TPSA) is 105 Å². The zero-order valence-electron chi connectivity index (χ0n) is 13.8. The first-order valence-corrected chi connectivity index (χ1v) is 8.90. The maximum absolute atomic E-state index is 14.6. The molecule has 25 heavy (non-hydrogen) atoms. The second-order valence-corrected chi connectivity index (χ2v) is 7.19. The number of thiophene rings is 1. The Balaban J connectivity index is 2.19. The van der Waals surface area contributed by atoms with E-state index in [9.17, 15) is 18.7 Å². The van der Waals surface area contributed by atoms with Gasteiger partial charge in [0.05, 0.1) is 11.8 Å². The molecule has 1 fully saturated rings. The van der Waals surface area contributed by atoms with Gasteiger partial charge in [-0.15, -0.1) is 11.3 Å². The number of nitrogens with zero attached hydrogens (tertiary/aromatic N) is 2. The van der Waals surface area contributed by atoms with Crippen molar-refractivity contribution >= 4 is 39.0 Å². The van der Waals surface area contributed by atoms with Gasteiger partial charge < -0.3 is 21.5 Å². The summed E-state index contributed by atoms with van der Waals surface area (Å²) in [6, 6.07) is 1.34. The number of amides is 1. The molecule has 1 saturated heterocycles. The molecule has 1 aliphatic heterocycles. The Morgan fingerprint density at radius 3 is 2.68 bits per heavy atom. The SMILES string of the molecule is CCC(F)(F)c1cc(N2CCC(O)CC2)nc2sc(C(N)=O)c(N)c12. The van der Waals surface area contributed by atoms with Crippen LogP contribution in [-0.2, 0) is 5.92 Å². The zero-order valence-corrected chi connectivity index (χ0v) is 14.6. The lowest BCUT2D eigenvalue weighted by Crippen LogP contribution is -2.36. The van der Waals surface area contributed by atoms with E-state index in [1.54, 1.807) is 0 Å². The van der Waals surface area contributed by atoms with Crippen LogP contribution in [0.3, 0.4) is 0 Å². The molecule has 1 amide bonds. The van der Waals surface area contributed by atoms with Crippen molar-refractivity contribution in [3.8, 4) is 0 Å². The number of aliphatic hydroxyl groups is 1. The maximum atomic E-state index is 14.6. The van der Waals surface area contributed by atoms with Gasteiger partial charge >= 0.3 is 0 Å². The number of piperidine rings is 1. The van der Waals surface area contributed by atoms with Crippen molar-refractivity contribution < 1.29 is 18.7 Å². The van der Waals surface area contributed by atoms with E-state index in [1.165, 1.54) is 13.0 Å². The summed E-state index contributed by atoms with van der Waals surface area (Å²) in [5.41, 5.74) is 11.0. The second kappa shape index (κ2) is 6.38. The number of carbonyl (C=O) groups is 1. The fraction of sp³-hybridized carbons (Fsp3) is 0.500. The van der Waals surface area contributed by atoms with E-state index >= 15 is 0 Å². The predicted octanol–water partition coefficient (Wildman–Crippen LogP) is 2.44. The number of primary amides is 1. The minimum atomic E-state index is -3.10. The third-order valence-corrected chi connectivity index (χ3v) is 5.65. The molecule has 0 aliphatic carbocycles. The van der Waals surface area contributed by atoms with Crippen molar-refractivity contribution in [2.75, 3.05) is 23.7 Å². The summed E-state index contributed by atoms with van der Waals surface area (Å²) in [4.78, 5) is 18.2. The van der Waals surface area contributed by atoms with E-state index in [-0.39, 0.29) is 32.4 Å². The molecule has 0 aromatic carbocycles. The summed E-state index contributed by atoms with van der Waals surface area (Å²) in [6.45, 7) is 2.45. The first-order chi connectivity index (χ1) is 11.7. The number of nitrogens with two attached hydrogens (primary N) is 2. The van der Waals surface area contributed by atoms with Gasteiger partial charge in [-0.3, -0.25) is 4.79 Å². The van der Waals surface area contributed by atoms with E-state index in [4.69, 9.17) is 11.5 Å². The fourth-order valence-electron chi connectivity index (χ4n) is 3.03. The van der Waals surface area contributed by atoms with Gasteiger partial charge in [-0.25, -0.2) is 13.8 Å². The van der Waals surface area contributed by atoms with Crippen LogP contribution in [0.25, 0.3) is 10.2 Å². The largest absolute Gasteiger partial charge is 0.397 e. The van der Waals surface area contributed by atoms with Crippen LogP contribution in [0, 0.1) is 0 Å². The van der Waals surface area contributed by atoms with Crippen molar-refractivity contribution in [3.63, 3.8) is 0 Å². The summed E-state index contributed by atoms with van der Waals surface area (Å²) in [6.07, 6.45) is 0.331. The van der Waals surface area contributed by atoms with Gasteiger partial charge in [0, 0.05) is 30.5 Å². The van der Waals surface area contributed by atoms with Crippen LogP contribution in [0.4, 0.5) is 20.3 Å². The van der Waals surface area contributed by atoms with Crippen LogP contribution < -0.4 is 16.4 Å². The van der Waals surface area contributed by atoms with Crippen LogP contribution >= 0.6 is 11.3 Å². The molecule has 3 rings (SSSR count). The summed E-state index contributed by atoms with van der Waals surface area (Å²) in [5.74, 6) is -3.45. The molecule has 9 heteroatoms. The molecule has 6 nitrogen and oxygen atoms in total. The van der Waals surface area contributed by atoms with Gasteiger partial charge in [-0.1, -0.05) is 6.92 Å². The molecule has 0 atom stereocenters. The lowest BCUT2D eigenvalue weighted by Gasteiger charge is -2.31. The van der Waals surface area contributed by atoms with E-state index < -0.39 is 18.3 Å². The minimum Gasteiger partial charge on any atom is -0.397 e. The van der Waals surface area contributed by atoms with Crippen molar-refractivity contribution in [2.45, 2.75) is 38.2 Å². The van der Waals surface area contributed by atoms with E-state index in [1.807, 2.05) is 4.90 Å². The monoisotopic (exact) mass is 370 g/mol.